The molecule has 0 spiro atoms. The third-order valence-corrected chi connectivity index (χ3v) is 4.62. The van der Waals surface area contributed by atoms with Crippen LogP contribution in [0, 0.1) is 0 Å². The first-order valence-corrected chi connectivity index (χ1v) is 8.86. The number of likely N-dealkylation sites (N-methyl/N-ethyl adjacent to an activating group) is 1. The van der Waals surface area contributed by atoms with Crippen LogP contribution in [-0.2, 0) is 9.59 Å². The number of hydrogen-bond acceptors (Lipinski definition) is 4. The zero-order chi connectivity index (χ0) is 18.2. The lowest BCUT2D eigenvalue weighted by Crippen LogP contribution is -2.42. The first-order valence-electron chi connectivity index (χ1n) is 8.86. The fraction of sp³-hybridized carbons (Fsp3) is 0.579. The second kappa shape index (κ2) is 9.42. The van der Waals surface area contributed by atoms with Gasteiger partial charge >= 0.3 is 0 Å². The summed E-state index contributed by atoms with van der Waals surface area (Å²) in [6.45, 7) is 1.34. The first kappa shape index (κ1) is 19.2. The van der Waals surface area contributed by atoms with Crippen LogP contribution in [0.15, 0.2) is 24.3 Å². The van der Waals surface area contributed by atoms with Crippen LogP contribution in [-0.4, -0.2) is 62.5 Å². The summed E-state index contributed by atoms with van der Waals surface area (Å²) in [7, 11) is 5.61. The number of likely N-dealkylation sites (tertiary alicyclic amines) is 1. The second-order valence-corrected chi connectivity index (χ2v) is 6.68. The van der Waals surface area contributed by atoms with Crippen molar-refractivity contribution in [2.45, 2.75) is 31.7 Å². The molecule has 1 aliphatic heterocycles. The van der Waals surface area contributed by atoms with Crippen molar-refractivity contribution in [2.75, 3.05) is 40.8 Å². The Labute approximate surface area is 150 Å². The normalized spacial score (nSPS) is 16.5. The van der Waals surface area contributed by atoms with Gasteiger partial charge in [0, 0.05) is 19.5 Å². The molecule has 2 rings (SSSR count). The summed E-state index contributed by atoms with van der Waals surface area (Å²) in [4.78, 5) is 28.0. The van der Waals surface area contributed by atoms with E-state index in [4.69, 9.17) is 4.74 Å². The lowest BCUT2D eigenvalue weighted by atomic mass is 10.1. The third-order valence-electron chi connectivity index (χ3n) is 4.62. The number of benzene rings is 1. The molecule has 0 aliphatic carbocycles. The van der Waals surface area contributed by atoms with E-state index in [1.165, 1.54) is 0 Å². The van der Waals surface area contributed by atoms with Crippen LogP contribution < -0.4 is 10.1 Å². The Morgan fingerprint density at radius 3 is 2.60 bits per heavy atom. The number of hydrogen-bond donors (Lipinski definition) is 1. The molecule has 0 aromatic heterocycles. The molecule has 25 heavy (non-hydrogen) atoms. The van der Waals surface area contributed by atoms with Crippen molar-refractivity contribution in [3.05, 3.63) is 29.8 Å². The van der Waals surface area contributed by atoms with Gasteiger partial charge < -0.3 is 19.9 Å². The van der Waals surface area contributed by atoms with Crippen LogP contribution in [0.4, 0.5) is 0 Å². The number of carbonyl (C=O) groups is 2. The Hall–Kier alpha value is -2.08. The highest BCUT2D eigenvalue weighted by atomic mass is 16.5. The van der Waals surface area contributed by atoms with Crippen molar-refractivity contribution in [3.8, 4) is 5.75 Å². The highest BCUT2D eigenvalue weighted by Gasteiger charge is 2.20. The molecule has 1 aliphatic rings. The molecule has 1 aromatic carbocycles. The molecule has 1 atom stereocenters. The summed E-state index contributed by atoms with van der Waals surface area (Å²) in [6, 6.07) is 7.92. The van der Waals surface area contributed by atoms with Gasteiger partial charge in [0.2, 0.25) is 11.8 Å². The van der Waals surface area contributed by atoms with Crippen molar-refractivity contribution in [1.29, 1.82) is 0 Å². The number of amides is 2. The summed E-state index contributed by atoms with van der Waals surface area (Å²) >= 11 is 0. The van der Waals surface area contributed by atoms with Crippen LogP contribution in [0.25, 0.3) is 0 Å². The predicted octanol–water partition coefficient (Wildman–Crippen LogP) is 1.82. The molecule has 1 saturated heterocycles. The lowest BCUT2D eigenvalue weighted by Gasteiger charge is -2.26. The highest BCUT2D eigenvalue weighted by molar-refractivity contribution is 5.84. The quantitative estimate of drug-likeness (QED) is 0.817. The summed E-state index contributed by atoms with van der Waals surface area (Å²) in [5.41, 5.74) is 1.11. The number of ether oxygens (including phenoxy) is 1. The van der Waals surface area contributed by atoms with Crippen LogP contribution in [0.2, 0.25) is 0 Å². The Morgan fingerprint density at radius 1 is 1.24 bits per heavy atom. The van der Waals surface area contributed by atoms with Gasteiger partial charge in [-0.1, -0.05) is 18.6 Å². The zero-order valence-electron chi connectivity index (χ0n) is 15.5. The molecule has 1 fully saturated rings. The van der Waals surface area contributed by atoms with Gasteiger partial charge in [0.25, 0.3) is 0 Å². The van der Waals surface area contributed by atoms with E-state index in [1.54, 1.807) is 12.0 Å². The van der Waals surface area contributed by atoms with E-state index in [1.807, 2.05) is 38.4 Å². The average molecular weight is 347 g/mol. The molecule has 1 heterocycles. The molecule has 0 saturated carbocycles. The van der Waals surface area contributed by atoms with Crippen molar-refractivity contribution in [1.82, 2.24) is 15.1 Å². The monoisotopic (exact) mass is 347 g/mol. The largest absolute Gasteiger partial charge is 0.497 e. The summed E-state index contributed by atoms with van der Waals surface area (Å²) < 4.78 is 5.19. The van der Waals surface area contributed by atoms with Gasteiger partial charge in [0.15, 0.2) is 0 Å². The Balaban J connectivity index is 1.91. The van der Waals surface area contributed by atoms with Gasteiger partial charge in [0.05, 0.1) is 19.7 Å². The highest BCUT2D eigenvalue weighted by Crippen LogP contribution is 2.20. The molecule has 2 amide bonds. The van der Waals surface area contributed by atoms with Crippen molar-refractivity contribution >= 4 is 11.8 Å². The average Bonchev–Trinajstić information content (AvgIpc) is 2.80. The van der Waals surface area contributed by atoms with Crippen molar-refractivity contribution < 1.29 is 14.3 Å². The number of carbonyl (C=O) groups excluding carboxylic acids is 2. The summed E-state index contributed by atoms with van der Waals surface area (Å²) in [6.07, 6.45) is 3.52. The minimum atomic E-state index is -0.101. The third kappa shape index (κ3) is 5.74. The molecule has 0 bridgehead atoms. The minimum absolute atomic E-state index is 0.0645. The zero-order valence-corrected chi connectivity index (χ0v) is 15.5. The molecule has 0 radical (unpaired) electrons. The number of rotatable bonds is 7. The topological polar surface area (TPSA) is 61.9 Å². The van der Waals surface area contributed by atoms with Gasteiger partial charge in [-0.3, -0.25) is 9.59 Å². The molecule has 1 N–H and O–H groups in total. The first-order chi connectivity index (χ1) is 12.0. The smallest absolute Gasteiger partial charge is 0.239 e. The molecule has 6 heteroatoms. The van der Waals surface area contributed by atoms with Gasteiger partial charge in [-0.05, 0) is 44.6 Å². The fourth-order valence-corrected chi connectivity index (χ4v) is 3.07. The molecular weight excluding hydrogens is 318 g/mol. The molecular formula is C19H29N3O3. The van der Waals surface area contributed by atoms with E-state index < -0.39 is 0 Å². The number of nitrogens with zero attached hydrogens (tertiary/aromatic N) is 2. The van der Waals surface area contributed by atoms with Gasteiger partial charge in [-0.15, -0.1) is 0 Å². The summed E-state index contributed by atoms with van der Waals surface area (Å²) in [5, 5.41) is 2.97. The number of nitrogens with one attached hydrogen (secondary N) is 1. The van der Waals surface area contributed by atoms with Crippen LogP contribution >= 0.6 is 0 Å². The van der Waals surface area contributed by atoms with E-state index in [9.17, 15) is 9.59 Å². The second-order valence-electron chi connectivity index (χ2n) is 6.68. The molecule has 0 unspecified atom stereocenters. The van der Waals surface area contributed by atoms with Crippen LogP contribution in [0.5, 0.6) is 5.75 Å². The van der Waals surface area contributed by atoms with E-state index in [-0.39, 0.29) is 24.4 Å². The summed E-state index contributed by atoms with van der Waals surface area (Å²) in [5.74, 6) is 0.799. The van der Waals surface area contributed by atoms with Crippen molar-refractivity contribution in [3.63, 3.8) is 0 Å². The minimum Gasteiger partial charge on any atom is -0.497 e. The Kier molecular flexibility index (Phi) is 7.25. The van der Waals surface area contributed by atoms with Gasteiger partial charge in [-0.25, -0.2) is 0 Å². The Morgan fingerprint density at radius 2 is 1.96 bits per heavy atom. The maximum atomic E-state index is 12.3. The van der Waals surface area contributed by atoms with Crippen LogP contribution in [0.1, 0.15) is 37.3 Å². The molecule has 6 nitrogen and oxygen atoms in total. The van der Waals surface area contributed by atoms with E-state index >= 15 is 0 Å². The maximum Gasteiger partial charge on any atom is 0.239 e. The number of methoxy groups -OCH3 is 1. The van der Waals surface area contributed by atoms with E-state index in [2.05, 4.69) is 10.2 Å². The lowest BCUT2D eigenvalue weighted by molar-refractivity contribution is -0.135. The van der Waals surface area contributed by atoms with Crippen LogP contribution in [0.3, 0.4) is 0 Å². The molecule has 138 valence electrons. The SMILES string of the molecule is COc1ccc([C@H](CNC(=O)CN2CCCCCC2=O)N(C)C)cc1. The molecule has 1 aromatic rings. The Bertz CT molecular complexity index is 572. The van der Waals surface area contributed by atoms with Gasteiger partial charge in [0.1, 0.15) is 5.75 Å². The van der Waals surface area contributed by atoms with Crippen molar-refractivity contribution in [2.24, 2.45) is 0 Å². The van der Waals surface area contributed by atoms with E-state index in [0.717, 1.165) is 30.6 Å². The fourth-order valence-electron chi connectivity index (χ4n) is 3.07. The van der Waals surface area contributed by atoms with Gasteiger partial charge in [-0.2, -0.15) is 0 Å². The predicted molar refractivity (Wildman–Crippen MR) is 97.5 cm³/mol. The standard InChI is InChI=1S/C19H29N3O3/c1-21(2)17(15-8-10-16(25-3)11-9-15)13-20-18(23)14-22-12-6-4-5-7-19(22)24/h8-11,17H,4-7,12-14H2,1-3H3,(H,20,23)/t17-/m0/s1. The maximum absolute atomic E-state index is 12.3. The van der Waals surface area contributed by atoms with E-state index in [0.29, 0.717) is 19.5 Å².